The van der Waals surface area contributed by atoms with Gasteiger partial charge in [-0.15, -0.1) is 0 Å². The molecule has 0 heterocycles. The van der Waals surface area contributed by atoms with E-state index in [4.69, 9.17) is 5.26 Å². The quantitative estimate of drug-likeness (QED) is 0.660. The summed E-state index contributed by atoms with van der Waals surface area (Å²) < 4.78 is 0. The molecular formula is C20H17NS. The molecule has 0 saturated heterocycles. The molecular weight excluding hydrogens is 286 g/mol. The van der Waals surface area contributed by atoms with E-state index >= 15 is 0 Å². The smallest absolute Gasteiger partial charge is 0.0991 e. The Bertz CT molecular complexity index is 719. The van der Waals surface area contributed by atoms with Crippen molar-refractivity contribution in [1.82, 2.24) is 0 Å². The molecule has 3 rings (SSSR count). The van der Waals surface area contributed by atoms with E-state index in [1.807, 2.05) is 12.1 Å². The minimum absolute atomic E-state index is 0.424. The second kappa shape index (κ2) is 6.98. The third kappa shape index (κ3) is 3.39. The van der Waals surface area contributed by atoms with E-state index in [9.17, 15) is 0 Å². The summed E-state index contributed by atoms with van der Waals surface area (Å²) in [5, 5.41) is 8.92. The Morgan fingerprint density at radius 2 is 1.18 bits per heavy atom. The number of nitriles is 1. The summed E-state index contributed by atoms with van der Waals surface area (Å²) in [6, 6.07) is 31.5. The van der Waals surface area contributed by atoms with E-state index in [0.717, 1.165) is 5.75 Å². The first-order valence-corrected chi connectivity index (χ1v) is 8.76. The van der Waals surface area contributed by atoms with Gasteiger partial charge in [-0.3, -0.25) is 0 Å². The fraction of sp³-hybridized carbons (Fsp3) is 0.0500. The van der Waals surface area contributed by atoms with Gasteiger partial charge in [0.05, 0.1) is 11.6 Å². The third-order valence-corrected chi connectivity index (χ3v) is 6.08. The van der Waals surface area contributed by atoms with Crippen molar-refractivity contribution in [1.29, 1.82) is 5.26 Å². The molecule has 0 aliphatic rings. The van der Waals surface area contributed by atoms with Crippen molar-refractivity contribution >= 4 is 10.9 Å². The molecule has 1 nitrogen and oxygen atoms in total. The first-order chi connectivity index (χ1) is 10.9. The lowest BCUT2D eigenvalue weighted by molar-refractivity contribution is 1.31. The van der Waals surface area contributed by atoms with Gasteiger partial charge in [-0.05, 0) is 51.8 Å². The molecule has 0 spiro atoms. The Kier molecular flexibility index (Phi) is 4.58. The minimum Gasteiger partial charge on any atom is -0.196 e. The summed E-state index contributed by atoms with van der Waals surface area (Å²) in [7, 11) is -0.424. The van der Waals surface area contributed by atoms with Crippen molar-refractivity contribution < 1.29 is 0 Å². The molecule has 0 amide bonds. The highest BCUT2D eigenvalue weighted by atomic mass is 32.2. The molecule has 3 aromatic rings. The zero-order chi connectivity index (χ0) is 15.2. The lowest BCUT2D eigenvalue weighted by Crippen LogP contribution is -1.91. The summed E-state index contributed by atoms with van der Waals surface area (Å²) in [5.41, 5.74) is 1.99. The van der Waals surface area contributed by atoms with Crippen LogP contribution in [-0.2, 0) is 5.75 Å². The fourth-order valence-corrected chi connectivity index (χ4v) is 4.72. The maximum absolute atomic E-state index is 8.92. The molecule has 0 aromatic heterocycles. The van der Waals surface area contributed by atoms with Gasteiger partial charge in [0.1, 0.15) is 0 Å². The summed E-state index contributed by atoms with van der Waals surface area (Å²) in [4.78, 5) is 2.76. The van der Waals surface area contributed by atoms with Crippen molar-refractivity contribution in [2.45, 2.75) is 15.5 Å². The van der Waals surface area contributed by atoms with Crippen LogP contribution in [0.1, 0.15) is 11.1 Å². The van der Waals surface area contributed by atoms with Crippen LogP contribution >= 0.6 is 10.9 Å². The molecule has 0 fully saturated rings. The minimum atomic E-state index is -0.424. The molecule has 0 atom stereocenters. The van der Waals surface area contributed by atoms with Crippen molar-refractivity contribution in [2.24, 2.45) is 0 Å². The lowest BCUT2D eigenvalue weighted by Gasteiger charge is -2.23. The lowest BCUT2D eigenvalue weighted by atomic mass is 10.2. The predicted octanol–water partition coefficient (Wildman–Crippen LogP) is 5.18. The largest absolute Gasteiger partial charge is 0.196 e. The van der Waals surface area contributed by atoms with Crippen molar-refractivity contribution in [3.8, 4) is 6.07 Å². The second-order valence-corrected chi connectivity index (χ2v) is 7.27. The van der Waals surface area contributed by atoms with Crippen LogP contribution in [0.15, 0.2) is 94.7 Å². The van der Waals surface area contributed by atoms with Crippen LogP contribution in [0.4, 0.5) is 0 Å². The van der Waals surface area contributed by atoms with Crippen LogP contribution in [-0.4, -0.2) is 0 Å². The number of benzene rings is 3. The molecule has 22 heavy (non-hydrogen) atoms. The number of rotatable bonds is 4. The van der Waals surface area contributed by atoms with Gasteiger partial charge in [-0.2, -0.15) is 16.2 Å². The highest BCUT2D eigenvalue weighted by Crippen LogP contribution is 2.46. The first kappa shape index (κ1) is 14.4. The number of nitrogens with zero attached hydrogens (tertiary/aromatic N) is 1. The van der Waals surface area contributed by atoms with E-state index in [1.165, 1.54) is 15.4 Å². The molecule has 108 valence electrons. The maximum Gasteiger partial charge on any atom is 0.0991 e. The second-order valence-electron chi connectivity index (χ2n) is 5.07. The average molecular weight is 303 g/mol. The average Bonchev–Trinajstić information content (AvgIpc) is 2.62. The molecule has 2 heteroatoms. The summed E-state index contributed by atoms with van der Waals surface area (Å²) in [6.45, 7) is 0. The van der Waals surface area contributed by atoms with E-state index in [1.54, 1.807) is 0 Å². The van der Waals surface area contributed by atoms with Crippen molar-refractivity contribution in [3.05, 3.63) is 96.1 Å². The molecule has 0 saturated carbocycles. The van der Waals surface area contributed by atoms with Crippen LogP contribution in [0, 0.1) is 11.3 Å². The molecule has 3 aromatic carbocycles. The Morgan fingerprint density at radius 3 is 1.64 bits per heavy atom. The molecule has 0 bridgehead atoms. The summed E-state index contributed by atoms with van der Waals surface area (Å²) in [5.74, 6) is 0.995. The van der Waals surface area contributed by atoms with Crippen LogP contribution < -0.4 is 0 Å². The topological polar surface area (TPSA) is 23.8 Å². The Hall–Kier alpha value is -2.50. The van der Waals surface area contributed by atoms with E-state index in [2.05, 4.69) is 78.9 Å². The van der Waals surface area contributed by atoms with Gasteiger partial charge >= 0.3 is 0 Å². The number of hydrogen-bond donors (Lipinski definition) is 1. The number of thiol groups is 1. The Morgan fingerprint density at radius 1 is 0.682 bits per heavy atom. The molecule has 0 aliphatic carbocycles. The van der Waals surface area contributed by atoms with E-state index < -0.39 is 10.9 Å². The standard InChI is InChI=1S/C20H17NS/c21-15-17-11-13-18(14-12-17)16-22(19-7-3-1-4-8-19)20-9-5-2-6-10-20/h1-14,22H,16H2. The molecule has 0 aliphatic heterocycles. The van der Waals surface area contributed by atoms with Gasteiger partial charge in [-0.25, -0.2) is 0 Å². The normalized spacial score (nSPS) is 10.8. The van der Waals surface area contributed by atoms with E-state index in [-0.39, 0.29) is 0 Å². The van der Waals surface area contributed by atoms with Gasteiger partial charge in [-0.1, -0.05) is 48.5 Å². The van der Waals surface area contributed by atoms with Gasteiger partial charge < -0.3 is 0 Å². The summed E-state index contributed by atoms with van der Waals surface area (Å²) >= 11 is 0. The summed E-state index contributed by atoms with van der Waals surface area (Å²) in [6.07, 6.45) is 0. The monoisotopic (exact) mass is 303 g/mol. The van der Waals surface area contributed by atoms with E-state index in [0.29, 0.717) is 5.56 Å². The van der Waals surface area contributed by atoms with Gasteiger partial charge in [0.25, 0.3) is 0 Å². The molecule has 0 N–H and O–H groups in total. The van der Waals surface area contributed by atoms with Crippen LogP contribution in [0.2, 0.25) is 0 Å². The van der Waals surface area contributed by atoms with Crippen molar-refractivity contribution in [2.75, 3.05) is 0 Å². The molecule has 0 radical (unpaired) electrons. The Balaban J connectivity index is 1.94. The molecule has 0 unspecified atom stereocenters. The van der Waals surface area contributed by atoms with Gasteiger partial charge in [0.2, 0.25) is 0 Å². The van der Waals surface area contributed by atoms with Crippen LogP contribution in [0.3, 0.4) is 0 Å². The SMILES string of the molecule is N#Cc1ccc(C[SH](c2ccccc2)c2ccccc2)cc1. The van der Waals surface area contributed by atoms with Crippen LogP contribution in [0.25, 0.3) is 0 Å². The first-order valence-electron chi connectivity index (χ1n) is 7.23. The van der Waals surface area contributed by atoms with Crippen molar-refractivity contribution in [3.63, 3.8) is 0 Å². The third-order valence-electron chi connectivity index (χ3n) is 3.56. The maximum atomic E-state index is 8.92. The highest BCUT2D eigenvalue weighted by Gasteiger charge is 2.10. The van der Waals surface area contributed by atoms with Gasteiger partial charge in [0.15, 0.2) is 0 Å². The zero-order valence-corrected chi connectivity index (χ0v) is 13.1. The predicted molar refractivity (Wildman–Crippen MR) is 93.3 cm³/mol. The number of hydrogen-bond acceptors (Lipinski definition) is 1. The van der Waals surface area contributed by atoms with Crippen LogP contribution in [0.5, 0.6) is 0 Å². The zero-order valence-electron chi connectivity index (χ0n) is 12.2. The highest BCUT2D eigenvalue weighted by molar-refractivity contribution is 8.16. The Labute approximate surface area is 134 Å². The fourth-order valence-electron chi connectivity index (χ4n) is 2.41. The van der Waals surface area contributed by atoms with Gasteiger partial charge in [0, 0.05) is 5.75 Å².